The quantitative estimate of drug-likeness (QED) is 0.646. The van der Waals surface area contributed by atoms with Crippen LogP contribution in [0.3, 0.4) is 0 Å². The van der Waals surface area contributed by atoms with Crippen molar-refractivity contribution in [2.75, 3.05) is 6.54 Å². The Morgan fingerprint density at radius 1 is 1.27 bits per heavy atom. The van der Waals surface area contributed by atoms with Crippen LogP contribution >= 0.6 is 0 Å². The van der Waals surface area contributed by atoms with Crippen LogP contribution in [0.15, 0.2) is 11.7 Å². The van der Waals surface area contributed by atoms with Crippen molar-refractivity contribution in [3.8, 4) is 0 Å². The molecule has 3 aliphatic rings. The van der Waals surface area contributed by atoms with E-state index >= 15 is 0 Å². The molecule has 0 aromatic carbocycles. The van der Waals surface area contributed by atoms with Crippen LogP contribution in [0, 0.1) is 0 Å². The highest BCUT2D eigenvalue weighted by atomic mass is 19.3. The fourth-order valence-corrected chi connectivity index (χ4v) is 3.69. The van der Waals surface area contributed by atoms with Crippen LogP contribution in [0.1, 0.15) is 45.4 Å². The smallest absolute Gasteiger partial charge is 0.270 e. The minimum absolute atomic E-state index is 0.0925. The summed E-state index contributed by atoms with van der Waals surface area (Å²) in [6.07, 6.45) is 5.04. The van der Waals surface area contributed by atoms with E-state index in [9.17, 15) is 8.78 Å². The molecule has 3 fully saturated rings. The summed E-state index contributed by atoms with van der Waals surface area (Å²) >= 11 is 0. The minimum Gasteiger partial charge on any atom is -0.288 e. The largest absolute Gasteiger partial charge is 0.288 e. The number of fused-ring (bicyclic) bond motifs is 2. The molecule has 0 aromatic rings. The fraction of sp³-hybridized carbons (Fsp3) is 0.833. The van der Waals surface area contributed by atoms with Gasteiger partial charge in [0.2, 0.25) is 0 Å². The van der Waals surface area contributed by atoms with Gasteiger partial charge in [0, 0.05) is 23.2 Å². The van der Waals surface area contributed by atoms with E-state index in [1.54, 1.807) is 0 Å². The highest BCUT2D eigenvalue weighted by molar-refractivity contribution is 5.28. The Morgan fingerprint density at radius 3 is 2.47 bits per heavy atom. The Hall–Kier alpha value is -0.440. The molecule has 2 saturated heterocycles. The zero-order chi connectivity index (χ0) is 10.7. The van der Waals surface area contributed by atoms with Gasteiger partial charge in [0.25, 0.3) is 6.08 Å². The van der Waals surface area contributed by atoms with Crippen molar-refractivity contribution in [1.82, 2.24) is 4.90 Å². The first-order valence-corrected chi connectivity index (χ1v) is 5.93. The molecule has 1 aliphatic carbocycles. The second kappa shape index (κ2) is 2.82. The van der Waals surface area contributed by atoms with Gasteiger partial charge in [0.05, 0.1) is 0 Å². The van der Waals surface area contributed by atoms with Crippen LogP contribution in [-0.2, 0) is 0 Å². The molecule has 1 nitrogen and oxygen atoms in total. The van der Waals surface area contributed by atoms with Crippen molar-refractivity contribution in [1.29, 1.82) is 0 Å². The van der Waals surface area contributed by atoms with Gasteiger partial charge in [-0.2, -0.15) is 8.78 Å². The average molecular weight is 213 g/mol. The summed E-state index contributed by atoms with van der Waals surface area (Å²) in [6, 6.07) is 0. The molecule has 1 spiro atoms. The Labute approximate surface area is 89.1 Å². The standard InChI is InChI=1S/C12H17F2N/c1-2-11-3-4-12(5-6-12)15(11)8-9(7-11)10(13)14/h2-8H2,1H3. The average Bonchev–Trinajstić information content (AvgIpc) is 2.79. The third-order valence-corrected chi connectivity index (χ3v) is 4.84. The van der Waals surface area contributed by atoms with Gasteiger partial charge >= 0.3 is 0 Å². The van der Waals surface area contributed by atoms with Crippen LogP contribution in [0.4, 0.5) is 8.78 Å². The van der Waals surface area contributed by atoms with Gasteiger partial charge in [-0.05, 0) is 38.5 Å². The zero-order valence-corrected chi connectivity index (χ0v) is 9.15. The fourth-order valence-electron chi connectivity index (χ4n) is 3.69. The molecule has 3 heteroatoms. The van der Waals surface area contributed by atoms with Crippen molar-refractivity contribution in [2.24, 2.45) is 0 Å². The first-order valence-electron chi connectivity index (χ1n) is 5.93. The normalized spacial score (nSPS) is 37.4. The van der Waals surface area contributed by atoms with Crippen LogP contribution in [-0.4, -0.2) is 22.5 Å². The summed E-state index contributed by atoms with van der Waals surface area (Å²) in [4.78, 5) is 2.41. The maximum Gasteiger partial charge on any atom is 0.270 e. The molecule has 15 heavy (non-hydrogen) atoms. The van der Waals surface area contributed by atoms with Gasteiger partial charge in [-0.25, -0.2) is 0 Å². The summed E-state index contributed by atoms with van der Waals surface area (Å²) in [5.74, 6) is 0. The molecular formula is C12H17F2N. The first kappa shape index (κ1) is 9.76. The van der Waals surface area contributed by atoms with Gasteiger partial charge in [-0.3, -0.25) is 4.90 Å². The summed E-state index contributed by atoms with van der Waals surface area (Å²) in [5, 5.41) is 0. The van der Waals surface area contributed by atoms with Gasteiger partial charge in [-0.1, -0.05) is 6.92 Å². The molecule has 84 valence electrons. The van der Waals surface area contributed by atoms with Crippen LogP contribution in [0.2, 0.25) is 0 Å². The molecule has 2 heterocycles. The number of nitrogens with zero attached hydrogens (tertiary/aromatic N) is 1. The van der Waals surface area contributed by atoms with Gasteiger partial charge in [0.15, 0.2) is 0 Å². The molecule has 0 aromatic heterocycles. The Kier molecular flexibility index (Phi) is 1.83. The van der Waals surface area contributed by atoms with Crippen LogP contribution in [0.25, 0.3) is 0 Å². The van der Waals surface area contributed by atoms with Gasteiger partial charge < -0.3 is 0 Å². The number of hydrogen-bond acceptors (Lipinski definition) is 1. The maximum absolute atomic E-state index is 12.7. The molecule has 0 N–H and O–H groups in total. The number of rotatable bonds is 1. The zero-order valence-electron chi connectivity index (χ0n) is 9.15. The topological polar surface area (TPSA) is 3.24 Å². The predicted molar refractivity (Wildman–Crippen MR) is 54.8 cm³/mol. The molecule has 2 aliphatic heterocycles. The second-order valence-electron chi connectivity index (χ2n) is 5.43. The first-order chi connectivity index (χ1) is 7.12. The third kappa shape index (κ3) is 1.16. The summed E-state index contributed by atoms with van der Waals surface area (Å²) in [6.45, 7) is 2.68. The highest BCUT2D eigenvalue weighted by Gasteiger charge is 2.62. The molecule has 1 saturated carbocycles. The molecule has 1 atom stereocenters. The lowest BCUT2D eigenvalue weighted by Crippen LogP contribution is -2.42. The van der Waals surface area contributed by atoms with E-state index in [-0.39, 0.29) is 5.54 Å². The SMILES string of the molecule is CCC12CCC3(CC3)N1CC(=C(F)F)C2. The van der Waals surface area contributed by atoms with E-state index in [0.717, 1.165) is 12.8 Å². The molecule has 0 amide bonds. The van der Waals surface area contributed by atoms with E-state index in [2.05, 4.69) is 11.8 Å². The maximum atomic E-state index is 12.7. The highest BCUT2D eigenvalue weighted by Crippen LogP contribution is 2.60. The summed E-state index contributed by atoms with van der Waals surface area (Å²) in [7, 11) is 0. The third-order valence-electron chi connectivity index (χ3n) is 4.84. The van der Waals surface area contributed by atoms with E-state index < -0.39 is 6.08 Å². The van der Waals surface area contributed by atoms with Crippen molar-refractivity contribution in [3.05, 3.63) is 11.7 Å². The Bertz CT molecular complexity index is 329. The molecule has 1 unspecified atom stereocenters. The van der Waals surface area contributed by atoms with E-state index in [0.29, 0.717) is 24.1 Å². The Morgan fingerprint density at radius 2 is 1.93 bits per heavy atom. The van der Waals surface area contributed by atoms with Crippen molar-refractivity contribution in [3.63, 3.8) is 0 Å². The number of halogens is 2. The predicted octanol–water partition coefficient (Wildman–Crippen LogP) is 3.32. The molecule has 0 radical (unpaired) electrons. The molecular weight excluding hydrogens is 196 g/mol. The number of hydrogen-bond donors (Lipinski definition) is 0. The second-order valence-corrected chi connectivity index (χ2v) is 5.43. The van der Waals surface area contributed by atoms with E-state index in [4.69, 9.17) is 0 Å². The molecule has 3 rings (SSSR count). The molecule has 0 bridgehead atoms. The monoisotopic (exact) mass is 213 g/mol. The summed E-state index contributed by atoms with van der Waals surface area (Å²) in [5.41, 5.74) is 0.838. The summed E-state index contributed by atoms with van der Waals surface area (Å²) < 4.78 is 25.4. The lowest BCUT2D eigenvalue weighted by atomic mass is 9.90. The van der Waals surface area contributed by atoms with Crippen LogP contribution < -0.4 is 0 Å². The van der Waals surface area contributed by atoms with E-state index in [1.165, 1.54) is 19.3 Å². The van der Waals surface area contributed by atoms with Crippen LogP contribution in [0.5, 0.6) is 0 Å². The lowest BCUT2D eigenvalue weighted by Gasteiger charge is -2.33. The Balaban J connectivity index is 1.95. The van der Waals surface area contributed by atoms with Gasteiger partial charge in [-0.15, -0.1) is 0 Å². The van der Waals surface area contributed by atoms with E-state index in [1.807, 2.05) is 0 Å². The van der Waals surface area contributed by atoms with Gasteiger partial charge in [0.1, 0.15) is 0 Å². The van der Waals surface area contributed by atoms with Crippen molar-refractivity contribution >= 4 is 0 Å². The van der Waals surface area contributed by atoms with Crippen molar-refractivity contribution < 1.29 is 8.78 Å². The van der Waals surface area contributed by atoms with Crippen molar-refractivity contribution in [2.45, 2.75) is 56.5 Å². The minimum atomic E-state index is -1.42. The lowest BCUT2D eigenvalue weighted by molar-refractivity contribution is 0.134.